The highest BCUT2D eigenvalue weighted by Crippen LogP contribution is 2.13. The van der Waals surface area contributed by atoms with Gasteiger partial charge in [0, 0.05) is 12.0 Å². The van der Waals surface area contributed by atoms with Crippen molar-refractivity contribution in [2.24, 2.45) is 0 Å². The zero-order valence-corrected chi connectivity index (χ0v) is 10.3. The molecule has 0 atom stereocenters. The molecule has 1 N–H and O–H groups in total. The normalized spacial score (nSPS) is 10.4. The molecule has 0 aromatic heterocycles. The van der Waals surface area contributed by atoms with E-state index in [2.05, 4.69) is 18.3 Å². The second-order valence-corrected chi connectivity index (χ2v) is 4.04. The predicted molar refractivity (Wildman–Crippen MR) is 67.9 cm³/mol. The molecule has 2 heteroatoms. The fraction of sp³-hybridized carbons (Fsp3) is 0.500. The standard InChI is InChI=1S/C14H21NO/c1-3-4-9-14(16)13-8-6-5-7-12(13)10-11-15-2/h5-8,15H,3-4,9-11H2,1-2H3. The van der Waals surface area contributed by atoms with Crippen molar-refractivity contribution in [3.8, 4) is 0 Å². The molecule has 0 spiro atoms. The van der Waals surface area contributed by atoms with Gasteiger partial charge in [-0.05, 0) is 32.0 Å². The van der Waals surface area contributed by atoms with Crippen LogP contribution in [-0.4, -0.2) is 19.4 Å². The van der Waals surface area contributed by atoms with Crippen LogP contribution in [0.5, 0.6) is 0 Å². The van der Waals surface area contributed by atoms with Crippen molar-refractivity contribution in [2.75, 3.05) is 13.6 Å². The molecule has 0 fully saturated rings. The average Bonchev–Trinajstić information content (AvgIpc) is 2.33. The van der Waals surface area contributed by atoms with Crippen LogP contribution in [0.15, 0.2) is 24.3 Å². The fourth-order valence-corrected chi connectivity index (χ4v) is 1.74. The van der Waals surface area contributed by atoms with Gasteiger partial charge >= 0.3 is 0 Å². The van der Waals surface area contributed by atoms with E-state index in [1.165, 1.54) is 0 Å². The number of hydrogen-bond acceptors (Lipinski definition) is 2. The summed E-state index contributed by atoms with van der Waals surface area (Å²) in [6.45, 7) is 3.03. The minimum absolute atomic E-state index is 0.286. The van der Waals surface area contributed by atoms with Gasteiger partial charge in [0.05, 0.1) is 0 Å². The van der Waals surface area contributed by atoms with Gasteiger partial charge in [-0.2, -0.15) is 0 Å². The number of unbranched alkanes of at least 4 members (excludes halogenated alkanes) is 1. The first-order chi connectivity index (χ1) is 7.79. The van der Waals surface area contributed by atoms with Gasteiger partial charge in [-0.25, -0.2) is 0 Å². The summed E-state index contributed by atoms with van der Waals surface area (Å²) in [6, 6.07) is 7.95. The second-order valence-electron chi connectivity index (χ2n) is 4.04. The Labute approximate surface area is 98.1 Å². The first-order valence-electron chi connectivity index (χ1n) is 6.05. The van der Waals surface area contributed by atoms with E-state index in [9.17, 15) is 4.79 Å². The molecule has 0 saturated heterocycles. The molecule has 0 heterocycles. The quantitative estimate of drug-likeness (QED) is 0.714. The van der Waals surface area contributed by atoms with Crippen LogP contribution in [0.2, 0.25) is 0 Å². The van der Waals surface area contributed by atoms with Crippen molar-refractivity contribution in [1.29, 1.82) is 0 Å². The summed E-state index contributed by atoms with van der Waals surface area (Å²) in [5.41, 5.74) is 2.07. The number of carbonyl (C=O) groups is 1. The van der Waals surface area contributed by atoms with Crippen molar-refractivity contribution in [2.45, 2.75) is 32.6 Å². The molecule has 16 heavy (non-hydrogen) atoms. The molecule has 0 aliphatic carbocycles. The molecular weight excluding hydrogens is 198 g/mol. The maximum absolute atomic E-state index is 12.0. The monoisotopic (exact) mass is 219 g/mol. The Kier molecular flexibility index (Phi) is 5.79. The number of carbonyl (C=O) groups excluding carboxylic acids is 1. The Bertz CT molecular complexity index is 333. The van der Waals surface area contributed by atoms with Gasteiger partial charge in [-0.15, -0.1) is 0 Å². The summed E-state index contributed by atoms with van der Waals surface area (Å²) in [6.07, 6.45) is 3.65. The predicted octanol–water partition coefficient (Wildman–Crippen LogP) is 2.82. The minimum Gasteiger partial charge on any atom is -0.319 e. The van der Waals surface area contributed by atoms with Gasteiger partial charge in [0.2, 0.25) is 0 Å². The Hall–Kier alpha value is -1.15. The molecule has 1 aromatic carbocycles. The maximum atomic E-state index is 12.0. The van der Waals surface area contributed by atoms with Crippen LogP contribution in [-0.2, 0) is 6.42 Å². The molecule has 1 aromatic rings. The molecule has 0 radical (unpaired) electrons. The van der Waals surface area contributed by atoms with E-state index in [0.717, 1.165) is 36.9 Å². The summed E-state index contributed by atoms with van der Waals surface area (Å²) in [5, 5.41) is 3.11. The van der Waals surface area contributed by atoms with Crippen LogP contribution < -0.4 is 5.32 Å². The molecular formula is C14H21NO. The van der Waals surface area contributed by atoms with Gasteiger partial charge in [-0.1, -0.05) is 37.6 Å². The van der Waals surface area contributed by atoms with Crippen LogP contribution in [0.1, 0.15) is 42.1 Å². The van der Waals surface area contributed by atoms with Crippen molar-refractivity contribution >= 4 is 5.78 Å². The van der Waals surface area contributed by atoms with Gasteiger partial charge in [-0.3, -0.25) is 4.79 Å². The van der Waals surface area contributed by atoms with Crippen molar-refractivity contribution in [3.63, 3.8) is 0 Å². The highest BCUT2D eigenvalue weighted by atomic mass is 16.1. The van der Waals surface area contributed by atoms with Crippen molar-refractivity contribution in [3.05, 3.63) is 35.4 Å². The molecule has 0 aliphatic rings. The number of ketones is 1. The zero-order chi connectivity index (χ0) is 11.8. The Balaban J connectivity index is 2.73. The van der Waals surface area contributed by atoms with E-state index in [1.54, 1.807) is 0 Å². The summed E-state index contributed by atoms with van der Waals surface area (Å²) in [4.78, 5) is 12.0. The van der Waals surface area contributed by atoms with E-state index < -0.39 is 0 Å². The number of nitrogens with one attached hydrogen (secondary N) is 1. The smallest absolute Gasteiger partial charge is 0.163 e. The molecule has 0 bridgehead atoms. The van der Waals surface area contributed by atoms with Gasteiger partial charge < -0.3 is 5.32 Å². The highest BCUT2D eigenvalue weighted by molar-refractivity contribution is 5.97. The van der Waals surface area contributed by atoms with Gasteiger partial charge in [0.1, 0.15) is 0 Å². The molecule has 1 rings (SSSR count). The molecule has 0 aliphatic heterocycles. The Morgan fingerprint density at radius 1 is 1.31 bits per heavy atom. The third kappa shape index (κ3) is 3.78. The second kappa shape index (κ2) is 7.18. The van der Waals surface area contributed by atoms with E-state index in [-0.39, 0.29) is 5.78 Å². The average molecular weight is 219 g/mol. The molecule has 0 unspecified atom stereocenters. The van der Waals surface area contributed by atoms with Crippen LogP contribution in [0, 0.1) is 0 Å². The van der Waals surface area contributed by atoms with E-state index >= 15 is 0 Å². The third-order valence-electron chi connectivity index (χ3n) is 2.72. The molecule has 0 saturated carbocycles. The van der Waals surface area contributed by atoms with Crippen LogP contribution >= 0.6 is 0 Å². The summed E-state index contributed by atoms with van der Waals surface area (Å²) >= 11 is 0. The van der Waals surface area contributed by atoms with Crippen molar-refractivity contribution < 1.29 is 4.79 Å². The highest BCUT2D eigenvalue weighted by Gasteiger charge is 2.09. The lowest BCUT2D eigenvalue weighted by Gasteiger charge is -2.08. The first-order valence-corrected chi connectivity index (χ1v) is 6.05. The van der Waals surface area contributed by atoms with Crippen LogP contribution in [0.25, 0.3) is 0 Å². The molecule has 88 valence electrons. The van der Waals surface area contributed by atoms with E-state index in [4.69, 9.17) is 0 Å². The summed E-state index contributed by atoms with van der Waals surface area (Å²) < 4.78 is 0. The zero-order valence-electron chi connectivity index (χ0n) is 10.3. The van der Waals surface area contributed by atoms with E-state index in [0.29, 0.717) is 6.42 Å². The number of benzene rings is 1. The third-order valence-corrected chi connectivity index (χ3v) is 2.72. The lowest BCUT2D eigenvalue weighted by molar-refractivity contribution is 0.0979. The van der Waals surface area contributed by atoms with Crippen molar-refractivity contribution in [1.82, 2.24) is 5.32 Å². The van der Waals surface area contributed by atoms with Gasteiger partial charge in [0.15, 0.2) is 5.78 Å². The molecule has 2 nitrogen and oxygen atoms in total. The maximum Gasteiger partial charge on any atom is 0.163 e. The Morgan fingerprint density at radius 2 is 2.06 bits per heavy atom. The minimum atomic E-state index is 0.286. The molecule has 0 amide bonds. The number of Topliss-reactive ketones (excluding diaryl/α,β-unsaturated/α-hetero) is 1. The lowest BCUT2D eigenvalue weighted by atomic mass is 9.98. The number of likely N-dealkylation sites (N-methyl/N-ethyl adjacent to an activating group) is 1. The van der Waals surface area contributed by atoms with Gasteiger partial charge in [0.25, 0.3) is 0 Å². The number of rotatable bonds is 7. The largest absolute Gasteiger partial charge is 0.319 e. The van der Waals surface area contributed by atoms with Crippen LogP contribution in [0.3, 0.4) is 0 Å². The summed E-state index contributed by atoms with van der Waals surface area (Å²) in [5.74, 6) is 0.286. The van der Waals surface area contributed by atoms with E-state index in [1.807, 2.05) is 25.2 Å². The van der Waals surface area contributed by atoms with Crippen LogP contribution in [0.4, 0.5) is 0 Å². The topological polar surface area (TPSA) is 29.1 Å². The summed E-state index contributed by atoms with van der Waals surface area (Å²) in [7, 11) is 1.93. The fourth-order valence-electron chi connectivity index (χ4n) is 1.74. The first kappa shape index (κ1) is 12.9. The number of hydrogen-bond donors (Lipinski definition) is 1. The Morgan fingerprint density at radius 3 is 2.75 bits per heavy atom. The SMILES string of the molecule is CCCCC(=O)c1ccccc1CCNC. The lowest BCUT2D eigenvalue weighted by Crippen LogP contribution is -2.13.